The van der Waals surface area contributed by atoms with E-state index < -0.39 is 10.0 Å². The minimum atomic E-state index is -3.69. The van der Waals surface area contributed by atoms with Gasteiger partial charge in [-0.3, -0.25) is 9.59 Å². The number of benzene rings is 1. The molecule has 0 aromatic heterocycles. The number of carbonyl (C=O) groups excluding carboxylic acids is 2. The summed E-state index contributed by atoms with van der Waals surface area (Å²) in [6.45, 7) is 7.45. The van der Waals surface area contributed by atoms with Crippen LogP contribution in [0.5, 0.6) is 0 Å². The molecule has 0 spiro atoms. The van der Waals surface area contributed by atoms with Gasteiger partial charge in [0.25, 0.3) is 5.91 Å². The molecular weight excluding hydrogens is 354 g/mol. The van der Waals surface area contributed by atoms with Crippen LogP contribution in [0, 0.1) is 5.92 Å². The molecule has 1 saturated heterocycles. The summed E-state index contributed by atoms with van der Waals surface area (Å²) in [7, 11) is -3.69. The zero-order valence-corrected chi connectivity index (χ0v) is 16.4. The third kappa shape index (κ3) is 5.04. The minimum absolute atomic E-state index is 0.0536. The van der Waals surface area contributed by atoms with E-state index in [4.69, 9.17) is 0 Å². The molecule has 144 valence electrons. The van der Waals surface area contributed by atoms with Crippen LogP contribution in [0.1, 0.15) is 37.6 Å². The SMILES string of the molecule is CC(=O)N1CCN(S(=O)(=O)c2cccc(C(=O)NCCC(C)C)c2)CC1. The summed E-state index contributed by atoms with van der Waals surface area (Å²) < 4.78 is 27.0. The van der Waals surface area contributed by atoms with E-state index in [1.54, 1.807) is 17.0 Å². The molecule has 1 N–H and O–H groups in total. The second kappa shape index (κ2) is 8.64. The first-order valence-corrected chi connectivity index (χ1v) is 10.3. The molecule has 8 heteroatoms. The minimum Gasteiger partial charge on any atom is -0.352 e. The van der Waals surface area contributed by atoms with Crippen molar-refractivity contribution in [1.82, 2.24) is 14.5 Å². The molecule has 0 radical (unpaired) electrons. The number of amides is 2. The number of nitrogens with one attached hydrogen (secondary N) is 1. The summed E-state index contributed by atoms with van der Waals surface area (Å²) in [5, 5.41) is 2.82. The van der Waals surface area contributed by atoms with E-state index in [1.807, 2.05) is 0 Å². The van der Waals surface area contributed by atoms with E-state index in [0.29, 0.717) is 31.1 Å². The van der Waals surface area contributed by atoms with E-state index in [1.165, 1.54) is 23.4 Å². The van der Waals surface area contributed by atoms with Gasteiger partial charge in [-0.25, -0.2) is 8.42 Å². The van der Waals surface area contributed by atoms with Gasteiger partial charge in [-0.05, 0) is 30.5 Å². The summed E-state index contributed by atoms with van der Waals surface area (Å²) in [5.74, 6) is 0.155. The Morgan fingerprint density at radius 1 is 1.15 bits per heavy atom. The topological polar surface area (TPSA) is 86.8 Å². The molecule has 0 aliphatic carbocycles. The number of piperazine rings is 1. The molecule has 1 aliphatic heterocycles. The fourth-order valence-corrected chi connectivity index (χ4v) is 4.24. The Morgan fingerprint density at radius 3 is 2.38 bits per heavy atom. The van der Waals surface area contributed by atoms with Crippen LogP contribution in [0.2, 0.25) is 0 Å². The average molecular weight is 381 g/mol. The van der Waals surface area contributed by atoms with Crippen LogP contribution < -0.4 is 5.32 Å². The lowest BCUT2D eigenvalue weighted by atomic mass is 10.1. The number of hydrogen-bond donors (Lipinski definition) is 1. The van der Waals surface area contributed by atoms with E-state index in [9.17, 15) is 18.0 Å². The molecule has 2 amide bonds. The normalized spacial score (nSPS) is 15.9. The molecule has 0 saturated carbocycles. The third-order valence-corrected chi connectivity index (χ3v) is 6.32. The highest BCUT2D eigenvalue weighted by atomic mass is 32.2. The van der Waals surface area contributed by atoms with E-state index in [2.05, 4.69) is 19.2 Å². The summed E-state index contributed by atoms with van der Waals surface area (Å²) in [6, 6.07) is 6.10. The maximum absolute atomic E-state index is 12.8. The van der Waals surface area contributed by atoms with Crippen molar-refractivity contribution in [1.29, 1.82) is 0 Å². The Bertz CT molecular complexity index is 753. The first-order valence-electron chi connectivity index (χ1n) is 8.85. The monoisotopic (exact) mass is 381 g/mol. The number of rotatable bonds is 6. The van der Waals surface area contributed by atoms with Gasteiger partial charge in [-0.2, -0.15) is 4.31 Å². The van der Waals surface area contributed by atoms with Crippen molar-refractivity contribution >= 4 is 21.8 Å². The van der Waals surface area contributed by atoms with Crippen molar-refractivity contribution in [3.63, 3.8) is 0 Å². The number of nitrogens with zero attached hydrogens (tertiary/aromatic N) is 2. The van der Waals surface area contributed by atoms with Crippen molar-refractivity contribution in [2.45, 2.75) is 32.1 Å². The second-order valence-electron chi connectivity index (χ2n) is 6.88. The van der Waals surface area contributed by atoms with Gasteiger partial charge < -0.3 is 10.2 Å². The molecule has 1 aromatic rings. The van der Waals surface area contributed by atoms with Crippen LogP contribution in [0.3, 0.4) is 0 Å². The lowest BCUT2D eigenvalue weighted by Crippen LogP contribution is -2.49. The van der Waals surface area contributed by atoms with Crippen molar-refractivity contribution in [3.8, 4) is 0 Å². The maximum atomic E-state index is 12.8. The summed E-state index contributed by atoms with van der Waals surface area (Å²) in [6.07, 6.45) is 0.865. The summed E-state index contributed by atoms with van der Waals surface area (Å²) >= 11 is 0. The lowest BCUT2D eigenvalue weighted by molar-refractivity contribution is -0.129. The average Bonchev–Trinajstić information content (AvgIpc) is 2.61. The molecule has 0 atom stereocenters. The molecule has 1 aliphatic rings. The number of carbonyl (C=O) groups is 2. The predicted molar refractivity (Wildman–Crippen MR) is 99.2 cm³/mol. The van der Waals surface area contributed by atoms with Gasteiger partial charge in [0, 0.05) is 45.2 Å². The molecule has 1 heterocycles. The maximum Gasteiger partial charge on any atom is 0.251 e. The van der Waals surface area contributed by atoms with Crippen molar-refractivity contribution in [3.05, 3.63) is 29.8 Å². The van der Waals surface area contributed by atoms with Crippen LogP contribution in [0.15, 0.2) is 29.2 Å². The Morgan fingerprint density at radius 2 is 1.81 bits per heavy atom. The first-order chi connectivity index (χ1) is 12.2. The zero-order valence-electron chi connectivity index (χ0n) is 15.6. The second-order valence-corrected chi connectivity index (χ2v) is 8.81. The lowest BCUT2D eigenvalue weighted by Gasteiger charge is -2.33. The van der Waals surface area contributed by atoms with Crippen LogP contribution >= 0.6 is 0 Å². The van der Waals surface area contributed by atoms with Gasteiger partial charge in [-0.15, -0.1) is 0 Å². The van der Waals surface area contributed by atoms with E-state index in [0.717, 1.165) is 6.42 Å². The molecule has 0 unspecified atom stereocenters. The van der Waals surface area contributed by atoms with Gasteiger partial charge in [0.05, 0.1) is 4.90 Å². The van der Waals surface area contributed by atoms with Crippen LogP contribution in [-0.2, 0) is 14.8 Å². The Hall–Kier alpha value is -1.93. The smallest absolute Gasteiger partial charge is 0.251 e. The van der Waals surface area contributed by atoms with Gasteiger partial charge in [-0.1, -0.05) is 19.9 Å². The largest absolute Gasteiger partial charge is 0.352 e. The first kappa shape index (κ1) is 20.4. The van der Waals surface area contributed by atoms with E-state index in [-0.39, 0.29) is 29.8 Å². The highest BCUT2D eigenvalue weighted by Gasteiger charge is 2.29. The highest BCUT2D eigenvalue weighted by molar-refractivity contribution is 7.89. The van der Waals surface area contributed by atoms with Crippen molar-refractivity contribution in [2.75, 3.05) is 32.7 Å². The van der Waals surface area contributed by atoms with Gasteiger partial charge in [0.15, 0.2) is 0 Å². The Kier molecular flexibility index (Phi) is 6.77. The Labute approximate surface area is 155 Å². The molecule has 1 fully saturated rings. The molecule has 26 heavy (non-hydrogen) atoms. The fourth-order valence-electron chi connectivity index (χ4n) is 2.77. The summed E-state index contributed by atoms with van der Waals surface area (Å²) in [4.78, 5) is 25.4. The zero-order chi connectivity index (χ0) is 19.3. The van der Waals surface area contributed by atoms with Gasteiger partial charge >= 0.3 is 0 Å². The van der Waals surface area contributed by atoms with E-state index >= 15 is 0 Å². The Balaban J connectivity index is 2.08. The predicted octanol–water partition coefficient (Wildman–Crippen LogP) is 1.32. The summed E-state index contributed by atoms with van der Waals surface area (Å²) in [5.41, 5.74) is 0.331. The molecule has 7 nitrogen and oxygen atoms in total. The van der Waals surface area contributed by atoms with Crippen molar-refractivity contribution in [2.24, 2.45) is 5.92 Å². The third-order valence-electron chi connectivity index (χ3n) is 4.43. The standard InChI is InChI=1S/C18H27N3O4S/c1-14(2)7-8-19-18(23)16-5-4-6-17(13-16)26(24,25)21-11-9-20(10-12-21)15(3)22/h4-6,13-14H,7-12H2,1-3H3,(H,19,23). The van der Waals surface area contributed by atoms with Crippen LogP contribution in [0.4, 0.5) is 0 Å². The van der Waals surface area contributed by atoms with Crippen LogP contribution in [-0.4, -0.2) is 62.2 Å². The van der Waals surface area contributed by atoms with Crippen molar-refractivity contribution < 1.29 is 18.0 Å². The van der Waals surface area contributed by atoms with Gasteiger partial charge in [0.1, 0.15) is 0 Å². The molecule has 1 aromatic carbocycles. The van der Waals surface area contributed by atoms with Gasteiger partial charge in [0.2, 0.25) is 15.9 Å². The highest BCUT2D eigenvalue weighted by Crippen LogP contribution is 2.19. The quantitative estimate of drug-likeness (QED) is 0.805. The molecular formula is C18H27N3O4S. The fraction of sp³-hybridized carbons (Fsp3) is 0.556. The number of sulfonamides is 1. The molecule has 2 rings (SSSR count). The van der Waals surface area contributed by atoms with Crippen LogP contribution in [0.25, 0.3) is 0 Å². The molecule has 0 bridgehead atoms. The number of hydrogen-bond acceptors (Lipinski definition) is 4.